The van der Waals surface area contributed by atoms with E-state index in [-0.39, 0.29) is 18.3 Å². The Labute approximate surface area is 189 Å². The van der Waals surface area contributed by atoms with Crippen LogP contribution < -0.4 is 10.2 Å². The molecule has 3 aromatic rings. The molecule has 172 valence electrons. The van der Waals surface area contributed by atoms with Crippen molar-refractivity contribution in [3.8, 4) is 17.0 Å². The maximum atomic E-state index is 13.1. The normalized spacial score (nSPS) is 14.9. The number of nitrogens with one attached hydrogen (secondary N) is 1. The van der Waals surface area contributed by atoms with Crippen LogP contribution in [-0.2, 0) is 21.6 Å². The van der Waals surface area contributed by atoms with Gasteiger partial charge in [0.25, 0.3) is 5.91 Å². The summed E-state index contributed by atoms with van der Waals surface area (Å²) in [6.07, 6.45) is 1.38. The highest BCUT2D eigenvalue weighted by atomic mass is 19.1. The van der Waals surface area contributed by atoms with E-state index in [4.69, 9.17) is 14.5 Å². The lowest BCUT2D eigenvalue weighted by Gasteiger charge is -2.28. The Bertz CT molecular complexity index is 1140. The van der Waals surface area contributed by atoms with Crippen LogP contribution in [0.2, 0.25) is 0 Å². The molecule has 1 heterocycles. The van der Waals surface area contributed by atoms with E-state index >= 15 is 0 Å². The summed E-state index contributed by atoms with van der Waals surface area (Å²) >= 11 is 0. The molecule has 33 heavy (non-hydrogen) atoms. The highest BCUT2D eigenvalue weighted by Crippen LogP contribution is 2.50. The van der Waals surface area contributed by atoms with Crippen molar-refractivity contribution in [1.82, 2.24) is 15.5 Å². The van der Waals surface area contributed by atoms with E-state index in [1.807, 2.05) is 12.1 Å². The van der Waals surface area contributed by atoms with Crippen molar-refractivity contribution in [3.05, 3.63) is 71.7 Å². The molecule has 0 radical (unpaired) electrons. The van der Waals surface area contributed by atoms with Crippen molar-refractivity contribution in [2.24, 2.45) is 0 Å². The molecule has 2 N–H and O–H groups in total. The average Bonchev–Trinajstić information content (AvgIpc) is 3.52. The molecule has 1 aliphatic carbocycles. The largest absolute Gasteiger partial charge is 0.486 e. The SMILES string of the molecule is CC(C(=O)NO)N(C)C(=O)C1(c2ccc(OCc3cc(-c4ccc(F)cc4)no3)cc2)CC1. The Morgan fingerprint density at radius 1 is 1.21 bits per heavy atom. The summed E-state index contributed by atoms with van der Waals surface area (Å²) in [5, 5.41) is 12.8. The number of hydroxylamine groups is 1. The molecule has 0 bridgehead atoms. The fourth-order valence-electron chi connectivity index (χ4n) is 3.70. The fourth-order valence-corrected chi connectivity index (χ4v) is 3.70. The van der Waals surface area contributed by atoms with E-state index < -0.39 is 17.4 Å². The van der Waals surface area contributed by atoms with Crippen LogP contribution in [-0.4, -0.2) is 40.2 Å². The van der Waals surface area contributed by atoms with Gasteiger partial charge in [-0.3, -0.25) is 14.8 Å². The number of benzene rings is 2. The maximum absolute atomic E-state index is 13.1. The summed E-state index contributed by atoms with van der Waals surface area (Å²) in [6, 6.07) is 14.2. The van der Waals surface area contributed by atoms with Crippen LogP contribution in [0.4, 0.5) is 4.39 Å². The van der Waals surface area contributed by atoms with Crippen LogP contribution >= 0.6 is 0 Å². The molecule has 1 unspecified atom stereocenters. The van der Waals surface area contributed by atoms with Crippen LogP contribution in [0.15, 0.2) is 59.1 Å². The van der Waals surface area contributed by atoms with Gasteiger partial charge in [0, 0.05) is 18.7 Å². The smallest absolute Gasteiger partial charge is 0.265 e. The molecule has 1 fully saturated rings. The number of likely N-dealkylation sites (N-methyl/N-ethyl adjacent to an activating group) is 1. The molecule has 8 nitrogen and oxygen atoms in total. The molecule has 4 rings (SSSR count). The van der Waals surface area contributed by atoms with Gasteiger partial charge in [-0.25, -0.2) is 9.87 Å². The second-order valence-corrected chi connectivity index (χ2v) is 8.15. The van der Waals surface area contributed by atoms with Crippen LogP contribution in [0, 0.1) is 5.82 Å². The summed E-state index contributed by atoms with van der Waals surface area (Å²) in [6.45, 7) is 1.72. The molecule has 2 amide bonds. The number of amides is 2. The van der Waals surface area contributed by atoms with Crippen molar-refractivity contribution in [3.63, 3.8) is 0 Å². The highest BCUT2D eigenvalue weighted by Gasteiger charge is 2.53. The van der Waals surface area contributed by atoms with Gasteiger partial charge in [0.15, 0.2) is 5.76 Å². The third kappa shape index (κ3) is 4.58. The van der Waals surface area contributed by atoms with Gasteiger partial charge in [-0.2, -0.15) is 0 Å². The van der Waals surface area contributed by atoms with Crippen molar-refractivity contribution in [2.45, 2.75) is 37.8 Å². The number of nitrogens with zero attached hydrogens (tertiary/aromatic N) is 2. The lowest BCUT2D eigenvalue weighted by molar-refractivity contribution is -0.143. The van der Waals surface area contributed by atoms with Gasteiger partial charge in [0.2, 0.25) is 5.91 Å². The molecular weight excluding hydrogens is 429 g/mol. The molecule has 1 aromatic heterocycles. The van der Waals surface area contributed by atoms with Crippen molar-refractivity contribution >= 4 is 11.8 Å². The molecular formula is C24H24FN3O5. The Morgan fingerprint density at radius 2 is 1.88 bits per heavy atom. The molecule has 2 aromatic carbocycles. The van der Waals surface area contributed by atoms with Crippen LogP contribution in [0.3, 0.4) is 0 Å². The van der Waals surface area contributed by atoms with E-state index in [0.717, 1.165) is 11.1 Å². The zero-order valence-corrected chi connectivity index (χ0v) is 18.2. The first-order valence-electron chi connectivity index (χ1n) is 10.5. The first kappa shape index (κ1) is 22.5. The minimum Gasteiger partial charge on any atom is -0.486 e. The van der Waals surface area contributed by atoms with Crippen molar-refractivity contribution < 1.29 is 28.4 Å². The monoisotopic (exact) mass is 453 g/mol. The number of aromatic nitrogens is 1. The first-order chi connectivity index (χ1) is 15.8. The molecule has 1 saturated carbocycles. The van der Waals surface area contributed by atoms with E-state index in [1.165, 1.54) is 17.0 Å². The number of carbonyl (C=O) groups is 2. The average molecular weight is 453 g/mol. The summed E-state index contributed by atoms with van der Waals surface area (Å²) in [7, 11) is 1.55. The van der Waals surface area contributed by atoms with Gasteiger partial charge >= 0.3 is 0 Å². The van der Waals surface area contributed by atoms with Gasteiger partial charge in [-0.1, -0.05) is 17.3 Å². The number of hydrogen-bond donors (Lipinski definition) is 2. The standard InChI is InChI=1S/C24H24FN3O5/c1-15(22(29)26-31)28(2)23(30)24(11-12-24)17-5-9-19(10-6-17)32-14-20-13-21(27-33-20)16-3-7-18(25)8-4-16/h3-10,13,15,31H,11-12,14H2,1-2H3,(H,26,29). The number of carbonyl (C=O) groups excluding carboxylic acids is 2. The fraction of sp³-hybridized carbons (Fsp3) is 0.292. The van der Waals surface area contributed by atoms with E-state index in [0.29, 0.717) is 30.0 Å². The van der Waals surface area contributed by atoms with Gasteiger partial charge in [0.1, 0.15) is 29.9 Å². The zero-order chi connectivity index (χ0) is 23.6. The van der Waals surface area contributed by atoms with Gasteiger partial charge < -0.3 is 14.2 Å². The minimum absolute atomic E-state index is 0.161. The second kappa shape index (κ2) is 9.03. The lowest BCUT2D eigenvalue weighted by atomic mass is 9.94. The molecule has 0 saturated heterocycles. The predicted octanol–water partition coefficient (Wildman–Crippen LogP) is 3.44. The van der Waals surface area contributed by atoms with Crippen LogP contribution in [0.25, 0.3) is 11.3 Å². The third-order valence-electron chi connectivity index (χ3n) is 6.04. The number of ether oxygens (including phenoxy) is 1. The van der Waals surface area contributed by atoms with Gasteiger partial charge in [-0.15, -0.1) is 0 Å². The summed E-state index contributed by atoms with van der Waals surface area (Å²) in [4.78, 5) is 26.0. The van der Waals surface area contributed by atoms with E-state index in [1.54, 1.807) is 49.8 Å². The van der Waals surface area contributed by atoms with Crippen molar-refractivity contribution in [2.75, 3.05) is 7.05 Å². The summed E-state index contributed by atoms with van der Waals surface area (Å²) in [5.41, 5.74) is 3.10. The Morgan fingerprint density at radius 3 is 2.48 bits per heavy atom. The van der Waals surface area contributed by atoms with E-state index in [2.05, 4.69) is 5.16 Å². The molecule has 1 aliphatic rings. The number of rotatable bonds is 8. The van der Waals surface area contributed by atoms with Crippen molar-refractivity contribution in [1.29, 1.82) is 0 Å². The Kier molecular flexibility index (Phi) is 6.15. The molecule has 9 heteroatoms. The lowest BCUT2D eigenvalue weighted by Crippen LogP contribution is -2.48. The molecule has 1 atom stereocenters. The third-order valence-corrected chi connectivity index (χ3v) is 6.04. The number of hydrogen-bond acceptors (Lipinski definition) is 6. The Hall–Kier alpha value is -3.72. The Balaban J connectivity index is 1.38. The minimum atomic E-state index is -0.788. The van der Waals surface area contributed by atoms with Crippen LogP contribution in [0.1, 0.15) is 31.1 Å². The van der Waals surface area contributed by atoms with Gasteiger partial charge in [-0.05, 0) is 61.7 Å². The topological polar surface area (TPSA) is 105 Å². The predicted molar refractivity (Wildman–Crippen MR) is 116 cm³/mol. The van der Waals surface area contributed by atoms with E-state index in [9.17, 15) is 14.0 Å². The number of halogens is 1. The maximum Gasteiger partial charge on any atom is 0.265 e. The van der Waals surface area contributed by atoms with Crippen LogP contribution in [0.5, 0.6) is 5.75 Å². The summed E-state index contributed by atoms with van der Waals surface area (Å²) in [5.74, 6) is -0.00323. The molecule has 0 aliphatic heterocycles. The first-order valence-corrected chi connectivity index (χ1v) is 10.5. The summed E-state index contributed by atoms with van der Waals surface area (Å²) < 4.78 is 24.1. The second-order valence-electron chi connectivity index (χ2n) is 8.15. The highest BCUT2D eigenvalue weighted by molar-refractivity contribution is 5.94. The zero-order valence-electron chi connectivity index (χ0n) is 18.2. The quantitative estimate of drug-likeness (QED) is 0.400. The van der Waals surface area contributed by atoms with Gasteiger partial charge in [0.05, 0.1) is 5.41 Å². The molecule has 0 spiro atoms.